The van der Waals surface area contributed by atoms with Crippen molar-refractivity contribution in [2.45, 2.75) is 6.18 Å². The number of halogens is 3. The minimum Gasteiger partial charge on any atom is -0.490 e. The molecule has 9 heteroatoms. The summed E-state index contributed by atoms with van der Waals surface area (Å²) in [5, 5.41) is 13.4. The Morgan fingerprint density at radius 1 is 1.26 bits per heavy atom. The second kappa shape index (κ2) is 8.23. The molecule has 1 N–H and O–H groups in total. The lowest BCUT2D eigenvalue weighted by atomic mass is 10.1. The van der Waals surface area contributed by atoms with E-state index >= 15 is 0 Å². The van der Waals surface area contributed by atoms with Gasteiger partial charge in [-0.05, 0) is 30.3 Å². The number of benzene rings is 2. The summed E-state index contributed by atoms with van der Waals surface area (Å²) in [5.41, 5.74) is -0.994. The van der Waals surface area contributed by atoms with E-state index in [1.807, 2.05) is 0 Å². The number of nitro groups is 1. The van der Waals surface area contributed by atoms with E-state index in [1.54, 1.807) is 0 Å². The Morgan fingerprint density at radius 3 is 2.63 bits per heavy atom. The van der Waals surface area contributed by atoms with Gasteiger partial charge in [-0.2, -0.15) is 13.2 Å². The summed E-state index contributed by atoms with van der Waals surface area (Å²) in [7, 11) is 1.27. The number of nitro benzene ring substituents is 1. The van der Waals surface area contributed by atoms with Gasteiger partial charge < -0.3 is 10.1 Å². The Hall–Kier alpha value is -3.54. The average molecular weight is 378 g/mol. The zero-order chi connectivity index (χ0) is 20.0. The van der Waals surface area contributed by atoms with Crippen LogP contribution in [0.15, 0.2) is 42.5 Å². The zero-order valence-electron chi connectivity index (χ0n) is 14.0. The highest BCUT2D eigenvalue weighted by atomic mass is 19.4. The molecule has 2 aromatic rings. The van der Waals surface area contributed by atoms with Gasteiger partial charge in [0, 0.05) is 17.2 Å². The van der Waals surface area contributed by atoms with Crippen molar-refractivity contribution in [2.75, 3.05) is 13.7 Å². The van der Waals surface area contributed by atoms with Crippen LogP contribution in [0, 0.1) is 22.0 Å². The fourth-order valence-corrected chi connectivity index (χ4v) is 2.12. The molecule has 0 atom stereocenters. The summed E-state index contributed by atoms with van der Waals surface area (Å²) in [5.74, 6) is 4.45. The van der Waals surface area contributed by atoms with Crippen molar-refractivity contribution in [3.8, 4) is 17.6 Å². The molecule has 140 valence electrons. The van der Waals surface area contributed by atoms with Crippen LogP contribution in [0.1, 0.15) is 21.5 Å². The number of methoxy groups -OCH3 is 1. The van der Waals surface area contributed by atoms with Crippen molar-refractivity contribution in [1.29, 1.82) is 0 Å². The van der Waals surface area contributed by atoms with Gasteiger partial charge in [-0.25, -0.2) is 0 Å². The Balaban J connectivity index is 2.05. The van der Waals surface area contributed by atoms with E-state index in [4.69, 9.17) is 4.74 Å². The van der Waals surface area contributed by atoms with Crippen LogP contribution in [0.25, 0.3) is 0 Å². The third-order valence-corrected chi connectivity index (χ3v) is 3.40. The monoisotopic (exact) mass is 378 g/mol. The molecule has 0 aliphatic heterocycles. The SMILES string of the molecule is COc1ccc(C(=O)NCC#Cc2cccc(C(F)(F)F)c2)cc1[N+](=O)[O-]. The molecule has 27 heavy (non-hydrogen) atoms. The Bertz CT molecular complexity index is 930. The van der Waals surface area contributed by atoms with E-state index < -0.39 is 22.6 Å². The van der Waals surface area contributed by atoms with Gasteiger partial charge in [0.25, 0.3) is 5.91 Å². The molecule has 0 aromatic heterocycles. The predicted octanol–water partition coefficient (Wildman–Crippen LogP) is 3.40. The molecule has 0 unspecified atom stereocenters. The van der Waals surface area contributed by atoms with Crippen molar-refractivity contribution in [1.82, 2.24) is 5.32 Å². The van der Waals surface area contributed by atoms with E-state index in [2.05, 4.69) is 17.2 Å². The molecule has 2 aromatic carbocycles. The van der Waals surface area contributed by atoms with Crippen molar-refractivity contribution >= 4 is 11.6 Å². The maximum Gasteiger partial charge on any atom is 0.416 e. The number of rotatable bonds is 4. The second-order valence-corrected chi connectivity index (χ2v) is 5.21. The van der Waals surface area contributed by atoms with Gasteiger partial charge in [-0.1, -0.05) is 17.9 Å². The molecule has 0 saturated carbocycles. The Labute approximate surface area is 152 Å². The van der Waals surface area contributed by atoms with Gasteiger partial charge in [0.05, 0.1) is 24.1 Å². The van der Waals surface area contributed by atoms with Crippen LogP contribution in [-0.4, -0.2) is 24.5 Å². The molecule has 0 spiro atoms. The van der Waals surface area contributed by atoms with Crippen LogP contribution in [0.2, 0.25) is 0 Å². The third-order valence-electron chi connectivity index (χ3n) is 3.40. The van der Waals surface area contributed by atoms with Gasteiger partial charge >= 0.3 is 11.9 Å². The number of amides is 1. The van der Waals surface area contributed by atoms with Crippen molar-refractivity contribution in [3.05, 3.63) is 69.3 Å². The van der Waals surface area contributed by atoms with Gasteiger partial charge in [0.15, 0.2) is 5.75 Å². The van der Waals surface area contributed by atoms with E-state index in [0.29, 0.717) is 0 Å². The number of nitrogens with zero attached hydrogens (tertiary/aromatic N) is 1. The first-order valence-electron chi connectivity index (χ1n) is 7.49. The van der Waals surface area contributed by atoms with Crippen molar-refractivity contribution < 1.29 is 27.6 Å². The van der Waals surface area contributed by atoms with E-state index in [-0.39, 0.29) is 29.1 Å². The predicted molar refractivity (Wildman–Crippen MR) is 90.3 cm³/mol. The molecule has 0 aliphatic carbocycles. The quantitative estimate of drug-likeness (QED) is 0.502. The number of carbonyl (C=O) groups is 1. The Kier molecular flexibility index (Phi) is 6.03. The minimum atomic E-state index is -4.46. The standard InChI is InChI=1S/C18H13F3N2O4/c1-27-16-8-7-13(11-15(16)23(25)26)17(24)22-9-3-5-12-4-2-6-14(10-12)18(19,20)21/h2,4,6-8,10-11H,9H2,1H3,(H,22,24). The van der Waals surface area contributed by atoms with Crippen LogP contribution in [0.3, 0.4) is 0 Å². The van der Waals surface area contributed by atoms with Crippen LogP contribution in [0.5, 0.6) is 5.75 Å². The summed E-state index contributed by atoms with van der Waals surface area (Å²) < 4.78 is 42.7. The average Bonchev–Trinajstić information content (AvgIpc) is 2.64. The van der Waals surface area contributed by atoms with E-state index in [9.17, 15) is 28.1 Å². The largest absolute Gasteiger partial charge is 0.490 e. The first-order chi connectivity index (χ1) is 12.7. The number of ether oxygens (including phenoxy) is 1. The van der Waals surface area contributed by atoms with Crippen LogP contribution < -0.4 is 10.1 Å². The molecule has 6 nitrogen and oxygen atoms in total. The third kappa shape index (κ3) is 5.22. The molecule has 0 radical (unpaired) electrons. The maximum atomic E-state index is 12.6. The highest BCUT2D eigenvalue weighted by molar-refractivity contribution is 5.95. The fraction of sp³-hybridized carbons (Fsp3) is 0.167. The number of hydrogen-bond acceptors (Lipinski definition) is 4. The molecule has 0 saturated heterocycles. The molecular weight excluding hydrogens is 365 g/mol. The molecular formula is C18H13F3N2O4. The first kappa shape index (κ1) is 19.8. The van der Waals surface area contributed by atoms with Gasteiger partial charge in [0.1, 0.15) is 0 Å². The fourth-order valence-electron chi connectivity index (χ4n) is 2.12. The second-order valence-electron chi connectivity index (χ2n) is 5.21. The maximum absolute atomic E-state index is 12.6. The van der Waals surface area contributed by atoms with E-state index in [1.165, 1.54) is 31.4 Å². The Morgan fingerprint density at radius 2 is 2.00 bits per heavy atom. The van der Waals surface area contributed by atoms with Crippen LogP contribution in [-0.2, 0) is 6.18 Å². The van der Waals surface area contributed by atoms with Crippen LogP contribution in [0.4, 0.5) is 18.9 Å². The lowest BCUT2D eigenvalue weighted by molar-refractivity contribution is -0.385. The summed E-state index contributed by atoms with van der Waals surface area (Å²) in [6.45, 7) is -0.144. The lowest BCUT2D eigenvalue weighted by Crippen LogP contribution is -2.23. The number of carbonyl (C=O) groups excluding carboxylic acids is 1. The van der Waals surface area contributed by atoms with E-state index in [0.717, 1.165) is 18.2 Å². The lowest BCUT2D eigenvalue weighted by Gasteiger charge is -2.06. The van der Waals surface area contributed by atoms with Gasteiger partial charge in [0.2, 0.25) is 0 Å². The summed E-state index contributed by atoms with van der Waals surface area (Å²) in [6, 6.07) is 8.20. The topological polar surface area (TPSA) is 81.5 Å². The summed E-state index contributed by atoms with van der Waals surface area (Å²) in [6.07, 6.45) is -4.46. The summed E-state index contributed by atoms with van der Waals surface area (Å²) in [4.78, 5) is 22.3. The normalized spacial score (nSPS) is 10.5. The molecule has 1 amide bonds. The van der Waals surface area contributed by atoms with Crippen molar-refractivity contribution in [2.24, 2.45) is 0 Å². The number of nitrogens with one attached hydrogen (secondary N) is 1. The smallest absolute Gasteiger partial charge is 0.416 e. The highest BCUT2D eigenvalue weighted by Gasteiger charge is 2.30. The molecule has 0 bridgehead atoms. The highest BCUT2D eigenvalue weighted by Crippen LogP contribution is 2.29. The van der Waals surface area contributed by atoms with Gasteiger partial charge in [-0.3, -0.25) is 14.9 Å². The first-order valence-corrected chi connectivity index (χ1v) is 7.49. The van der Waals surface area contributed by atoms with Crippen molar-refractivity contribution in [3.63, 3.8) is 0 Å². The number of alkyl halides is 3. The molecule has 0 fully saturated rings. The molecule has 0 aliphatic rings. The number of hydrogen-bond donors (Lipinski definition) is 1. The molecule has 0 heterocycles. The van der Waals surface area contributed by atoms with Gasteiger partial charge in [-0.15, -0.1) is 0 Å². The minimum absolute atomic E-state index is 0.0147. The van der Waals surface area contributed by atoms with Crippen LogP contribution >= 0.6 is 0 Å². The molecule has 2 rings (SSSR count). The summed E-state index contributed by atoms with van der Waals surface area (Å²) >= 11 is 0. The zero-order valence-corrected chi connectivity index (χ0v) is 14.0.